The average Bonchev–Trinajstić information content (AvgIpc) is 3.70. The number of hydrogen-bond donors (Lipinski definition) is 1. The predicted molar refractivity (Wildman–Crippen MR) is 131 cm³/mol. The number of pyridine rings is 1. The number of halogens is 1. The molecule has 4 aromatic rings. The number of carbonyl (C=O) groups excluding carboxylic acids is 2. The van der Waals surface area contributed by atoms with Gasteiger partial charge in [0, 0.05) is 37.4 Å². The van der Waals surface area contributed by atoms with E-state index in [9.17, 15) is 14.0 Å². The van der Waals surface area contributed by atoms with Gasteiger partial charge in [-0.3, -0.25) is 14.6 Å². The van der Waals surface area contributed by atoms with Crippen molar-refractivity contribution in [3.8, 4) is 5.82 Å². The zero-order valence-corrected chi connectivity index (χ0v) is 19.3. The van der Waals surface area contributed by atoms with Crippen LogP contribution in [0.15, 0.2) is 60.1 Å². The summed E-state index contributed by atoms with van der Waals surface area (Å²) >= 11 is 0. The third-order valence-corrected chi connectivity index (χ3v) is 6.81. The predicted octanol–water partition coefficient (Wildman–Crippen LogP) is 2.62. The van der Waals surface area contributed by atoms with Gasteiger partial charge in [0.05, 0.1) is 41.6 Å². The first-order valence-corrected chi connectivity index (χ1v) is 11.8. The minimum Gasteiger partial charge on any atom is -0.357 e. The molecule has 0 aliphatic carbocycles. The van der Waals surface area contributed by atoms with Gasteiger partial charge in [0.2, 0.25) is 0 Å². The standard InChI is InChI=1S/C25H23FN8O2/c26-19-15-29-24(34-13-9-30-31-34)21-20(19)18(14-28-21)22(35)25(36)32-10-6-16(7-11-32)23-27-8-12-33(23)17-4-2-1-3-5-17/h1-5,9,13-16,28H,6-8,10-12H2. The van der Waals surface area contributed by atoms with Gasteiger partial charge in [0.15, 0.2) is 11.6 Å². The topological polar surface area (TPSA) is 112 Å². The smallest absolute Gasteiger partial charge is 0.295 e. The highest BCUT2D eigenvalue weighted by atomic mass is 19.1. The summed E-state index contributed by atoms with van der Waals surface area (Å²) in [5.41, 5.74) is 1.37. The maximum absolute atomic E-state index is 14.7. The molecule has 182 valence electrons. The maximum atomic E-state index is 14.7. The number of aromatic amines is 1. The van der Waals surface area contributed by atoms with Crippen LogP contribution in [0.1, 0.15) is 23.2 Å². The van der Waals surface area contributed by atoms with Crippen molar-refractivity contribution in [2.75, 3.05) is 31.1 Å². The largest absolute Gasteiger partial charge is 0.357 e. The number of nitrogens with one attached hydrogen (secondary N) is 1. The van der Waals surface area contributed by atoms with E-state index in [1.807, 2.05) is 18.2 Å². The van der Waals surface area contributed by atoms with Gasteiger partial charge in [-0.05, 0) is 25.0 Å². The number of nitrogens with zero attached hydrogens (tertiary/aromatic N) is 7. The molecule has 0 bridgehead atoms. The van der Waals surface area contributed by atoms with Crippen LogP contribution in [0.25, 0.3) is 16.7 Å². The molecule has 0 radical (unpaired) electrons. The zero-order chi connectivity index (χ0) is 24.6. The van der Waals surface area contributed by atoms with Crippen molar-refractivity contribution >= 4 is 34.1 Å². The van der Waals surface area contributed by atoms with Crippen molar-refractivity contribution in [3.63, 3.8) is 0 Å². The quantitative estimate of drug-likeness (QED) is 0.343. The Morgan fingerprint density at radius 3 is 2.64 bits per heavy atom. The highest BCUT2D eigenvalue weighted by Gasteiger charge is 2.34. The maximum Gasteiger partial charge on any atom is 0.295 e. The van der Waals surface area contributed by atoms with Crippen molar-refractivity contribution in [1.29, 1.82) is 0 Å². The second kappa shape index (κ2) is 8.99. The van der Waals surface area contributed by atoms with E-state index in [2.05, 4.69) is 37.3 Å². The lowest BCUT2D eigenvalue weighted by molar-refractivity contribution is -0.127. The molecule has 10 nitrogen and oxygen atoms in total. The van der Waals surface area contributed by atoms with E-state index in [1.54, 1.807) is 11.1 Å². The van der Waals surface area contributed by atoms with Crippen LogP contribution in [0.3, 0.4) is 0 Å². The fraction of sp³-hybridized carbons (Fsp3) is 0.280. The number of para-hydroxylation sites is 1. The fourth-order valence-corrected chi connectivity index (χ4v) is 5.05. The van der Waals surface area contributed by atoms with Crippen LogP contribution in [0, 0.1) is 11.7 Å². The lowest BCUT2D eigenvalue weighted by atomic mass is 9.94. The Kier molecular flexibility index (Phi) is 5.51. The number of piperidine rings is 1. The molecule has 2 aliphatic heterocycles. The monoisotopic (exact) mass is 486 g/mol. The number of hydrogen-bond acceptors (Lipinski definition) is 7. The molecular weight excluding hydrogens is 463 g/mol. The Morgan fingerprint density at radius 2 is 1.89 bits per heavy atom. The van der Waals surface area contributed by atoms with Crippen LogP contribution in [0.4, 0.5) is 10.1 Å². The second-order valence-corrected chi connectivity index (χ2v) is 8.85. The zero-order valence-electron chi connectivity index (χ0n) is 19.3. The fourth-order valence-electron chi connectivity index (χ4n) is 5.05. The van der Waals surface area contributed by atoms with Gasteiger partial charge in [-0.25, -0.2) is 14.1 Å². The highest BCUT2D eigenvalue weighted by Crippen LogP contribution is 2.29. The SMILES string of the molecule is O=C(C(=O)N1CCC(C2=NCCN2c2ccccc2)CC1)c1c[nH]c2c(-n3ccnn3)ncc(F)c12. The van der Waals surface area contributed by atoms with Crippen LogP contribution in [-0.4, -0.2) is 73.6 Å². The summed E-state index contributed by atoms with van der Waals surface area (Å²) in [5.74, 6) is -0.526. The van der Waals surface area contributed by atoms with E-state index in [-0.39, 0.29) is 28.2 Å². The van der Waals surface area contributed by atoms with Crippen LogP contribution >= 0.6 is 0 Å². The molecule has 5 heterocycles. The molecule has 6 rings (SSSR count). The molecule has 11 heteroatoms. The van der Waals surface area contributed by atoms with E-state index < -0.39 is 17.5 Å². The number of rotatable bonds is 5. The Balaban J connectivity index is 1.18. The van der Waals surface area contributed by atoms with Crippen LogP contribution in [-0.2, 0) is 4.79 Å². The molecule has 3 aromatic heterocycles. The molecule has 0 saturated carbocycles. The van der Waals surface area contributed by atoms with Gasteiger partial charge in [-0.15, -0.1) is 5.10 Å². The normalized spacial score (nSPS) is 16.5. The second-order valence-electron chi connectivity index (χ2n) is 8.85. The lowest BCUT2D eigenvalue weighted by Crippen LogP contribution is -2.45. The number of amides is 1. The molecule has 1 N–H and O–H groups in total. The number of H-pyrrole nitrogens is 1. The van der Waals surface area contributed by atoms with Crippen molar-refractivity contribution in [3.05, 3.63) is 66.5 Å². The van der Waals surface area contributed by atoms with Crippen molar-refractivity contribution < 1.29 is 14.0 Å². The third-order valence-electron chi connectivity index (χ3n) is 6.81. The van der Waals surface area contributed by atoms with Gasteiger partial charge >= 0.3 is 0 Å². The number of ketones is 1. The number of fused-ring (bicyclic) bond motifs is 1. The van der Waals surface area contributed by atoms with Crippen molar-refractivity contribution in [1.82, 2.24) is 29.9 Å². The summed E-state index contributed by atoms with van der Waals surface area (Å²) < 4.78 is 16.1. The molecule has 0 unspecified atom stereocenters. The number of aliphatic imine (C=N–C) groups is 1. The van der Waals surface area contributed by atoms with E-state index >= 15 is 0 Å². The summed E-state index contributed by atoms with van der Waals surface area (Å²) in [5, 5.41) is 7.64. The number of amidine groups is 1. The Bertz CT molecular complexity index is 1460. The molecule has 1 fully saturated rings. The van der Waals surface area contributed by atoms with E-state index in [1.165, 1.54) is 17.1 Å². The summed E-state index contributed by atoms with van der Waals surface area (Å²) in [6.45, 7) is 2.47. The summed E-state index contributed by atoms with van der Waals surface area (Å²) in [7, 11) is 0. The number of aromatic nitrogens is 5. The third kappa shape index (κ3) is 3.72. The number of anilines is 1. The first-order valence-electron chi connectivity index (χ1n) is 11.8. The molecule has 36 heavy (non-hydrogen) atoms. The van der Waals surface area contributed by atoms with Gasteiger partial charge in [-0.1, -0.05) is 23.4 Å². The first-order chi connectivity index (χ1) is 17.6. The van der Waals surface area contributed by atoms with Crippen molar-refractivity contribution in [2.24, 2.45) is 10.9 Å². The lowest BCUT2D eigenvalue weighted by Gasteiger charge is -2.34. The number of likely N-dealkylation sites (tertiary alicyclic amines) is 1. The molecule has 1 amide bonds. The first kappa shape index (κ1) is 22.1. The van der Waals surface area contributed by atoms with Crippen molar-refractivity contribution in [2.45, 2.75) is 12.8 Å². The summed E-state index contributed by atoms with van der Waals surface area (Å²) in [6, 6.07) is 10.2. The Labute approximate surface area is 205 Å². The van der Waals surface area contributed by atoms with Gasteiger partial charge in [-0.2, -0.15) is 0 Å². The molecule has 0 spiro atoms. The van der Waals surface area contributed by atoms with E-state index in [4.69, 9.17) is 4.99 Å². The van der Waals surface area contributed by atoms with Gasteiger partial charge in [0.1, 0.15) is 5.84 Å². The summed E-state index contributed by atoms with van der Waals surface area (Å²) in [4.78, 5) is 41.8. The molecule has 0 atom stereocenters. The number of carbonyl (C=O) groups is 2. The number of Topliss-reactive ketones (excluding diaryl/α,β-unsaturated/α-hetero) is 1. The average molecular weight is 487 g/mol. The van der Waals surface area contributed by atoms with Gasteiger partial charge < -0.3 is 14.8 Å². The van der Waals surface area contributed by atoms with Crippen LogP contribution in [0.5, 0.6) is 0 Å². The summed E-state index contributed by atoms with van der Waals surface area (Å²) in [6.07, 6.45) is 6.82. The molecule has 1 aromatic carbocycles. The van der Waals surface area contributed by atoms with E-state index in [0.29, 0.717) is 25.9 Å². The Hall–Kier alpha value is -4.41. The molecule has 2 aliphatic rings. The molecule has 1 saturated heterocycles. The van der Waals surface area contributed by atoms with Crippen LogP contribution in [0.2, 0.25) is 0 Å². The highest BCUT2D eigenvalue weighted by molar-refractivity contribution is 6.45. The van der Waals surface area contributed by atoms with Gasteiger partial charge in [0.25, 0.3) is 11.7 Å². The Morgan fingerprint density at radius 1 is 1.08 bits per heavy atom. The molecular formula is C25H23FN8O2. The van der Waals surface area contributed by atoms with Crippen LogP contribution < -0.4 is 4.90 Å². The minimum absolute atomic E-state index is 0.0163. The van der Waals surface area contributed by atoms with E-state index in [0.717, 1.165) is 30.8 Å². The minimum atomic E-state index is -0.751. The number of benzene rings is 1.